The monoisotopic (exact) mass is 522 g/mol. The van der Waals surface area contributed by atoms with Gasteiger partial charge in [0.2, 0.25) is 5.75 Å². The second-order valence-electron chi connectivity index (χ2n) is 8.31. The fraction of sp³-hybridized carbons (Fsp3) is 0.185. The molecule has 3 aromatic carbocycles. The van der Waals surface area contributed by atoms with E-state index >= 15 is 0 Å². The number of aromatic nitrogens is 2. The Kier molecular flexibility index (Phi) is 7.36. The minimum absolute atomic E-state index is 0.171. The summed E-state index contributed by atoms with van der Waals surface area (Å²) in [7, 11) is 1.35. The van der Waals surface area contributed by atoms with Crippen molar-refractivity contribution < 1.29 is 18.9 Å². The number of ether oxygens (including phenoxy) is 1. The highest BCUT2D eigenvalue weighted by Crippen LogP contribution is 2.34. The molecular weight excluding hydrogens is 499 g/mol. The number of halogens is 2. The van der Waals surface area contributed by atoms with Crippen LogP contribution in [0.15, 0.2) is 77.7 Å². The molecule has 1 fully saturated rings. The number of piperazine rings is 1. The van der Waals surface area contributed by atoms with Crippen LogP contribution in [-0.4, -0.2) is 43.1 Å². The van der Waals surface area contributed by atoms with E-state index in [1.165, 1.54) is 23.9 Å². The number of hydrogen-bond acceptors (Lipinski definition) is 7. The van der Waals surface area contributed by atoms with E-state index in [1.54, 1.807) is 60.8 Å². The van der Waals surface area contributed by atoms with Gasteiger partial charge in [0, 0.05) is 42.8 Å². The van der Waals surface area contributed by atoms with Crippen LogP contribution in [-0.2, 0) is 4.89 Å². The number of benzene rings is 3. The van der Waals surface area contributed by atoms with Gasteiger partial charge in [-0.25, -0.2) is 4.39 Å². The van der Waals surface area contributed by atoms with Gasteiger partial charge >= 0.3 is 5.56 Å². The molecule has 4 aromatic rings. The van der Waals surface area contributed by atoms with Crippen LogP contribution in [0.1, 0.15) is 0 Å². The van der Waals surface area contributed by atoms with Crippen molar-refractivity contribution in [2.45, 2.75) is 0 Å². The van der Waals surface area contributed by atoms with Gasteiger partial charge in [0.1, 0.15) is 17.3 Å². The molecule has 1 saturated heterocycles. The van der Waals surface area contributed by atoms with Crippen LogP contribution >= 0.6 is 11.6 Å². The highest BCUT2D eigenvalue weighted by atomic mass is 35.5. The van der Waals surface area contributed by atoms with Gasteiger partial charge in [0.15, 0.2) is 5.75 Å². The predicted molar refractivity (Wildman–Crippen MR) is 139 cm³/mol. The molecule has 0 aliphatic carbocycles. The lowest BCUT2D eigenvalue weighted by molar-refractivity contribution is -0.177. The van der Waals surface area contributed by atoms with E-state index in [2.05, 4.69) is 15.3 Å². The third kappa shape index (κ3) is 5.43. The van der Waals surface area contributed by atoms with Crippen LogP contribution in [0, 0.1) is 5.82 Å². The number of hydrogen-bond donors (Lipinski definition) is 1. The van der Waals surface area contributed by atoms with Gasteiger partial charge in [-0.1, -0.05) is 23.7 Å². The van der Waals surface area contributed by atoms with Crippen molar-refractivity contribution in [2.24, 2.45) is 0 Å². The lowest BCUT2D eigenvalue weighted by Crippen LogP contribution is -2.44. The van der Waals surface area contributed by atoms with Gasteiger partial charge < -0.3 is 19.8 Å². The summed E-state index contributed by atoms with van der Waals surface area (Å²) in [5.74, 6) is 0.440. The molecule has 37 heavy (non-hydrogen) atoms. The normalized spacial score (nSPS) is 13.4. The number of rotatable bonds is 7. The van der Waals surface area contributed by atoms with Crippen molar-refractivity contribution >= 4 is 17.3 Å². The van der Waals surface area contributed by atoms with Gasteiger partial charge in [-0.15, -0.1) is 0 Å². The van der Waals surface area contributed by atoms with Crippen LogP contribution in [0.3, 0.4) is 0 Å². The smallest absolute Gasteiger partial charge is 0.316 e. The molecule has 1 aromatic heterocycles. The van der Waals surface area contributed by atoms with Gasteiger partial charge in [0.25, 0.3) is 0 Å². The van der Waals surface area contributed by atoms with E-state index in [4.69, 9.17) is 26.1 Å². The van der Waals surface area contributed by atoms with E-state index in [9.17, 15) is 9.18 Å². The first-order valence-corrected chi connectivity index (χ1v) is 12.0. The summed E-state index contributed by atoms with van der Waals surface area (Å²) < 4.78 is 21.2. The fourth-order valence-corrected chi connectivity index (χ4v) is 4.26. The van der Waals surface area contributed by atoms with Gasteiger partial charge in [-0.05, 0) is 54.1 Å². The van der Waals surface area contributed by atoms with Gasteiger partial charge in [-0.2, -0.15) is 14.7 Å². The zero-order chi connectivity index (χ0) is 25.8. The summed E-state index contributed by atoms with van der Waals surface area (Å²) in [6.07, 6.45) is 1.65. The molecule has 0 radical (unpaired) electrons. The summed E-state index contributed by atoms with van der Waals surface area (Å²) in [5.41, 5.74) is 2.20. The molecule has 1 aliphatic rings. The minimum atomic E-state index is -0.439. The maximum absolute atomic E-state index is 13.7. The molecule has 10 heteroatoms. The first-order chi connectivity index (χ1) is 18.0. The van der Waals surface area contributed by atoms with Crippen molar-refractivity contribution in [2.75, 3.05) is 38.2 Å². The Hall–Kier alpha value is -3.92. The maximum atomic E-state index is 13.7. The van der Waals surface area contributed by atoms with Crippen LogP contribution in [0.4, 0.5) is 10.1 Å². The topological polar surface area (TPSA) is 77.8 Å². The number of nitrogens with one attached hydrogen (secondary N) is 1. The van der Waals surface area contributed by atoms with E-state index < -0.39 is 11.4 Å². The molecule has 0 saturated carbocycles. The molecule has 1 N–H and O–H groups in total. The molecule has 0 spiro atoms. The number of anilines is 1. The second kappa shape index (κ2) is 11.0. The molecule has 0 unspecified atom stereocenters. The molecule has 8 nitrogen and oxygen atoms in total. The first kappa shape index (κ1) is 24.8. The van der Waals surface area contributed by atoms with Crippen LogP contribution in [0.2, 0.25) is 5.02 Å². The predicted octanol–water partition coefficient (Wildman–Crippen LogP) is 4.83. The highest BCUT2D eigenvalue weighted by molar-refractivity contribution is 6.30. The molecule has 5 rings (SSSR count). The van der Waals surface area contributed by atoms with Crippen molar-refractivity contribution in [3.8, 4) is 34.1 Å². The van der Waals surface area contributed by atoms with Crippen molar-refractivity contribution in [1.29, 1.82) is 0 Å². The molecule has 190 valence electrons. The Morgan fingerprint density at radius 3 is 2.43 bits per heavy atom. The lowest BCUT2D eigenvalue weighted by Gasteiger charge is -2.30. The van der Waals surface area contributed by atoms with Crippen molar-refractivity contribution in [3.63, 3.8) is 0 Å². The van der Waals surface area contributed by atoms with E-state index in [0.717, 1.165) is 18.7 Å². The maximum Gasteiger partial charge on any atom is 0.316 e. The summed E-state index contributed by atoms with van der Waals surface area (Å²) in [5, 5.41) is 8.28. The first-order valence-electron chi connectivity index (χ1n) is 11.7. The van der Waals surface area contributed by atoms with Crippen LogP contribution in [0.5, 0.6) is 17.2 Å². The van der Waals surface area contributed by atoms with E-state index in [1.807, 2.05) is 0 Å². The van der Waals surface area contributed by atoms with Gasteiger partial charge in [-0.3, -0.25) is 4.79 Å². The summed E-state index contributed by atoms with van der Waals surface area (Å²) in [6, 6.07) is 18.1. The second-order valence-corrected chi connectivity index (χ2v) is 8.74. The molecule has 0 bridgehead atoms. The average molecular weight is 523 g/mol. The van der Waals surface area contributed by atoms with Crippen LogP contribution in [0.25, 0.3) is 16.8 Å². The fourth-order valence-electron chi connectivity index (χ4n) is 4.14. The highest BCUT2D eigenvalue weighted by Gasteiger charge is 2.21. The zero-order valence-corrected chi connectivity index (χ0v) is 20.7. The molecular formula is C27H24ClFN4O4. The Bertz CT molecular complexity index is 1440. The quantitative estimate of drug-likeness (QED) is 0.275. The van der Waals surface area contributed by atoms with E-state index in [-0.39, 0.29) is 11.5 Å². The molecule has 0 atom stereocenters. The molecule has 0 amide bonds. The summed E-state index contributed by atoms with van der Waals surface area (Å²) in [6.45, 7) is 3.01. The lowest BCUT2D eigenvalue weighted by atomic mass is 10.0. The Labute approximate surface area is 217 Å². The summed E-state index contributed by atoms with van der Waals surface area (Å²) in [4.78, 5) is 25.5. The molecule has 1 aliphatic heterocycles. The standard InChI is InChI=1S/C27H24ClFN4O4/c1-35-37-25-16-20(29)6-11-23(25)18-2-9-22(10-3-18)36-26-24(32-14-12-30-13-15-32)17-31-33(27(26)34)21-7-4-19(28)5-8-21/h2-11,16-17,30H,12-15H2,1H3. The molecule has 2 heterocycles. The number of nitrogens with zero attached hydrogens (tertiary/aromatic N) is 3. The average Bonchev–Trinajstić information content (AvgIpc) is 2.92. The Morgan fingerprint density at radius 1 is 1.00 bits per heavy atom. The minimum Gasteiger partial charge on any atom is -0.449 e. The summed E-state index contributed by atoms with van der Waals surface area (Å²) >= 11 is 6.02. The van der Waals surface area contributed by atoms with Crippen molar-refractivity contribution in [1.82, 2.24) is 15.1 Å². The zero-order valence-electron chi connectivity index (χ0n) is 20.0. The third-order valence-electron chi connectivity index (χ3n) is 5.95. The van der Waals surface area contributed by atoms with Crippen molar-refractivity contribution in [3.05, 3.63) is 94.1 Å². The largest absolute Gasteiger partial charge is 0.449 e. The van der Waals surface area contributed by atoms with Gasteiger partial charge in [0.05, 0.1) is 19.0 Å². The van der Waals surface area contributed by atoms with Crippen LogP contribution < -0.4 is 25.4 Å². The third-order valence-corrected chi connectivity index (χ3v) is 6.20. The Morgan fingerprint density at radius 2 is 1.73 bits per heavy atom. The Balaban J connectivity index is 1.51. The van der Waals surface area contributed by atoms with E-state index in [0.29, 0.717) is 40.8 Å². The SMILES string of the molecule is COOc1cc(F)ccc1-c1ccc(Oc2c(N3CCNCC3)cnn(-c3ccc(Cl)cc3)c2=O)cc1.